The molecule has 1 aromatic heterocycles. The molecule has 0 aliphatic rings. The van der Waals surface area contributed by atoms with Gasteiger partial charge < -0.3 is 10.6 Å². The Morgan fingerprint density at radius 3 is 2.38 bits per heavy atom. The van der Waals surface area contributed by atoms with Crippen molar-refractivity contribution in [1.82, 2.24) is 4.98 Å². The molecule has 0 fully saturated rings. The van der Waals surface area contributed by atoms with Gasteiger partial charge in [-0.05, 0) is 48.5 Å². The molecule has 0 unspecified atom stereocenters. The molecule has 132 valence electrons. The zero-order valence-electron chi connectivity index (χ0n) is 13.1. The Kier molecular flexibility index (Phi) is 5.61. The van der Waals surface area contributed by atoms with E-state index in [1.54, 1.807) is 36.5 Å². The van der Waals surface area contributed by atoms with Gasteiger partial charge in [0, 0.05) is 17.6 Å². The highest BCUT2D eigenvalue weighted by molar-refractivity contribution is 6.42. The van der Waals surface area contributed by atoms with Crippen LogP contribution in [0.5, 0.6) is 0 Å². The fraction of sp³-hybridized carbons (Fsp3) is 0. The SMILES string of the molecule is O=C(Nc1ccc(F)c(Cl)c1)c1cccnc1Nc1ccc(Cl)c(Cl)c1. The number of anilines is 3. The van der Waals surface area contributed by atoms with Gasteiger partial charge in [-0.25, -0.2) is 9.37 Å². The number of carbonyl (C=O) groups excluding carboxylic acids is 1. The molecule has 0 saturated heterocycles. The highest BCUT2D eigenvalue weighted by Gasteiger charge is 2.14. The van der Waals surface area contributed by atoms with E-state index < -0.39 is 11.7 Å². The molecule has 0 radical (unpaired) electrons. The number of benzene rings is 2. The van der Waals surface area contributed by atoms with Gasteiger partial charge in [-0.1, -0.05) is 34.8 Å². The van der Waals surface area contributed by atoms with E-state index >= 15 is 0 Å². The Morgan fingerprint density at radius 1 is 0.923 bits per heavy atom. The van der Waals surface area contributed by atoms with Crippen molar-refractivity contribution in [1.29, 1.82) is 0 Å². The maximum Gasteiger partial charge on any atom is 0.259 e. The number of carbonyl (C=O) groups is 1. The Hall–Kier alpha value is -2.34. The molecule has 0 spiro atoms. The minimum absolute atomic E-state index is 0.0804. The molecular weight excluding hydrogens is 400 g/mol. The summed E-state index contributed by atoms with van der Waals surface area (Å²) in [4.78, 5) is 16.8. The van der Waals surface area contributed by atoms with Gasteiger partial charge in [0.15, 0.2) is 0 Å². The predicted molar refractivity (Wildman–Crippen MR) is 103 cm³/mol. The highest BCUT2D eigenvalue weighted by Crippen LogP contribution is 2.28. The van der Waals surface area contributed by atoms with Crippen LogP contribution >= 0.6 is 34.8 Å². The number of nitrogens with one attached hydrogen (secondary N) is 2. The van der Waals surface area contributed by atoms with E-state index in [0.717, 1.165) is 0 Å². The first-order chi connectivity index (χ1) is 12.4. The molecule has 0 aliphatic carbocycles. The van der Waals surface area contributed by atoms with Gasteiger partial charge in [-0.3, -0.25) is 4.79 Å². The van der Waals surface area contributed by atoms with Gasteiger partial charge >= 0.3 is 0 Å². The fourth-order valence-corrected chi connectivity index (χ4v) is 2.65. The molecular formula is C18H11Cl3FN3O. The highest BCUT2D eigenvalue weighted by atomic mass is 35.5. The third-order valence-electron chi connectivity index (χ3n) is 3.41. The molecule has 26 heavy (non-hydrogen) atoms. The van der Waals surface area contributed by atoms with Crippen molar-refractivity contribution in [3.63, 3.8) is 0 Å². The Balaban J connectivity index is 1.84. The number of hydrogen-bond acceptors (Lipinski definition) is 3. The third-order valence-corrected chi connectivity index (χ3v) is 4.44. The van der Waals surface area contributed by atoms with E-state index in [1.165, 1.54) is 18.2 Å². The van der Waals surface area contributed by atoms with Crippen molar-refractivity contribution in [2.24, 2.45) is 0 Å². The van der Waals surface area contributed by atoms with E-state index in [0.29, 0.717) is 32.8 Å². The number of halogens is 4. The summed E-state index contributed by atoms with van der Waals surface area (Å²) < 4.78 is 13.2. The van der Waals surface area contributed by atoms with Crippen LogP contribution in [0, 0.1) is 5.82 Å². The maximum absolute atomic E-state index is 13.2. The van der Waals surface area contributed by atoms with Crippen molar-refractivity contribution in [3.05, 3.63) is 81.2 Å². The van der Waals surface area contributed by atoms with Gasteiger partial charge in [-0.2, -0.15) is 0 Å². The minimum Gasteiger partial charge on any atom is -0.340 e. The van der Waals surface area contributed by atoms with E-state index in [4.69, 9.17) is 34.8 Å². The molecule has 1 amide bonds. The quantitative estimate of drug-likeness (QED) is 0.540. The minimum atomic E-state index is -0.562. The third kappa shape index (κ3) is 4.25. The molecule has 0 aliphatic heterocycles. The summed E-state index contributed by atoms with van der Waals surface area (Å²) in [6, 6.07) is 12.1. The molecule has 2 aromatic carbocycles. The smallest absolute Gasteiger partial charge is 0.259 e. The van der Waals surface area contributed by atoms with Gasteiger partial charge in [-0.15, -0.1) is 0 Å². The summed E-state index contributed by atoms with van der Waals surface area (Å²) in [6.45, 7) is 0. The van der Waals surface area contributed by atoms with Crippen LogP contribution in [0.4, 0.5) is 21.6 Å². The lowest BCUT2D eigenvalue weighted by Crippen LogP contribution is -2.14. The largest absolute Gasteiger partial charge is 0.340 e. The van der Waals surface area contributed by atoms with Crippen molar-refractivity contribution in [3.8, 4) is 0 Å². The number of amides is 1. The maximum atomic E-state index is 13.2. The van der Waals surface area contributed by atoms with Gasteiger partial charge in [0.1, 0.15) is 11.6 Å². The van der Waals surface area contributed by atoms with Crippen molar-refractivity contribution in [2.75, 3.05) is 10.6 Å². The summed E-state index contributed by atoms with van der Waals surface area (Å²) in [5.41, 5.74) is 1.28. The second-order valence-corrected chi connectivity index (χ2v) is 6.46. The van der Waals surface area contributed by atoms with E-state index in [1.807, 2.05) is 0 Å². The van der Waals surface area contributed by atoms with Crippen LogP contribution in [0.1, 0.15) is 10.4 Å². The molecule has 2 N–H and O–H groups in total. The Bertz CT molecular complexity index is 982. The molecule has 4 nitrogen and oxygen atoms in total. The van der Waals surface area contributed by atoms with Crippen LogP contribution in [0.15, 0.2) is 54.7 Å². The van der Waals surface area contributed by atoms with Crippen LogP contribution in [-0.4, -0.2) is 10.9 Å². The van der Waals surface area contributed by atoms with Crippen molar-refractivity contribution < 1.29 is 9.18 Å². The van der Waals surface area contributed by atoms with E-state index in [-0.39, 0.29) is 5.02 Å². The summed E-state index contributed by atoms with van der Waals surface area (Å²) >= 11 is 17.6. The molecule has 3 rings (SSSR count). The summed E-state index contributed by atoms with van der Waals surface area (Å²) in [7, 11) is 0. The first kappa shape index (κ1) is 18.5. The van der Waals surface area contributed by atoms with E-state index in [9.17, 15) is 9.18 Å². The molecule has 3 aromatic rings. The normalized spacial score (nSPS) is 10.5. The molecule has 0 saturated carbocycles. The molecule has 0 bridgehead atoms. The van der Waals surface area contributed by atoms with E-state index in [2.05, 4.69) is 15.6 Å². The number of rotatable bonds is 4. The van der Waals surface area contributed by atoms with Crippen LogP contribution in [0.25, 0.3) is 0 Å². The monoisotopic (exact) mass is 409 g/mol. The number of hydrogen-bond donors (Lipinski definition) is 2. The van der Waals surface area contributed by atoms with Crippen LogP contribution in [0.2, 0.25) is 15.1 Å². The molecule has 8 heteroatoms. The molecule has 0 atom stereocenters. The van der Waals surface area contributed by atoms with Crippen molar-refractivity contribution in [2.45, 2.75) is 0 Å². The second kappa shape index (κ2) is 7.91. The lowest BCUT2D eigenvalue weighted by atomic mass is 10.2. The summed E-state index contributed by atoms with van der Waals surface area (Å²) in [5.74, 6) is -0.659. The lowest BCUT2D eigenvalue weighted by molar-refractivity contribution is 0.102. The van der Waals surface area contributed by atoms with Gasteiger partial charge in [0.25, 0.3) is 5.91 Å². The average Bonchev–Trinajstić information content (AvgIpc) is 2.62. The van der Waals surface area contributed by atoms with Crippen LogP contribution in [0.3, 0.4) is 0 Å². The van der Waals surface area contributed by atoms with Gasteiger partial charge in [0.2, 0.25) is 0 Å². The second-order valence-electron chi connectivity index (χ2n) is 5.24. The average molecular weight is 411 g/mol. The Morgan fingerprint density at radius 2 is 1.65 bits per heavy atom. The van der Waals surface area contributed by atoms with Gasteiger partial charge in [0.05, 0.1) is 20.6 Å². The number of pyridine rings is 1. The molecule has 1 heterocycles. The summed E-state index contributed by atoms with van der Waals surface area (Å²) in [5, 5.41) is 6.40. The predicted octanol–water partition coefficient (Wildman–Crippen LogP) is 6.18. The number of nitrogens with zero attached hydrogens (tertiary/aromatic N) is 1. The topological polar surface area (TPSA) is 54.0 Å². The van der Waals surface area contributed by atoms with Crippen molar-refractivity contribution >= 4 is 57.9 Å². The fourth-order valence-electron chi connectivity index (χ4n) is 2.17. The lowest BCUT2D eigenvalue weighted by Gasteiger charge is -2.12. The van der Waals surface area contributed by atoms with Crippen LogP contribution < -0.4 is 10.6 Å². The Labute approximate surface area is 163 Å². The standard InChI is InChI=1S/C18H11Cl3FN3O/c19-13-5-3-10(8-14(13)20)24-17-12(2-1-7-23-17)18(26)25-11-4-6-16(22)15(21)9-11/h1-9H,(H,23,24)(H,25,26). The van der Waals surface area contributed by atoms with Crippen LogP contribution in [-0.2, 0) is 0 Å². The summed E-state index contributed by atoms with van der Waals surface area (Å²) in [6.07, 6.45) is 1.55. The zero-order valence-corrected chi connectivity index (χ0v) is 15.3. The number of aromatic nitrogens is 1. The zero-order chi connectivity index (χ0) is 18.7. The first-order valence-electron chi connectivity index (χ1n) is 7.37. The first-order valence-corrected chi connectivity index (χ1v) is 8.51.